The lowest BCUT2D eigenvalue weighted by Crippen LogP contribution is -2.46. The zero-order valence-electron chi connectivity index (χ0n) is 15.1. The van der Waals surface area contributed by atoms with Gasteiger partial charge < -0.3 is 25.8 Å². The molecule has 8 nitrogen and oxygen atoms in total. The average molecular weight is 383 g/mol. The van der Waals surface area contributed by atoms with Gasteiger partial charge in [-0.05, 0) is 56.5 Å². The molecule has 2 atom stereocenters. The summed E-state index contributed by atoms with van der Waals surface area (Å²) in [6.45, 7) is 3.89. The van der Waals surface area contributed by atoms with Crippen LogP contribution in [0.2, 0.25) is 0 Å². The maximum absolute atomic E-state index is 12.2. The second kappa shape index (κ2) is 11.2. The van der Waals surface area contributed by atoms with E-state index in [1.165, 1.54) is 18.7 Å². The minimum atomic E-state index is -1.03. The zero-order chi connectivity index (χ0) is 19.5. The number of urea groups is 1. The van der Waals surface area contributed by atoms with Crippen LogP contribution in [0.5, 0.6) is 5.75 Å². The number of amides is 3. The molecular formula is C17H25N3O5S. The maximum Gasteiger partial charge on any atom is 0.329 e. The number of benzene rings is 1. The zero-order valence-corrected chi connectivity index (χ0v) is 15.9. The highest BCUT2D eigenvalue weighted by molar-refractivity contribution is 7.98. The van der Waals surface area contributed by atoms with Gasteiger partial charge in [0.25, 0.3) is 5.91 Å². The monoisotopic (exact) mass is 383 g/mol. The van der Waals surface area contributed by atoms with Crippen molar-refractivity contribution in [2.24, 2.45) is 5.73 Å². The molecule has 144 valence electrons. The van der Waals surface area contributed by atoms with Crippen LogP contribution in [0, 0.1) is 0 Å². The van der Waals surface area contributed by atoms with Gasteiger partial charge >= 0.3 is 12.0 Å². The highest BCUT2D eigenvalue weighted by Gasteiger charge is 2.25. The first kappa shape index (κ1) is 21.6. The van der Waals surface area contributed by atoms with E-state index in [-0.39, 0.29) is 0 Å². The number of primary amides is 1. The van der Waals surface area contributed by atoms with E-state index in [1.54, 1.807) is 24.3 Å². The molecular weight excluding hydrogens is 358 g/mol. The summed E-state index contributed by atoms with van der Waals surface area (Å²) in [6, 6.07) is 5.12. The van der Waals surface area contributed by atoms with E-state index >= 15 is 0 Å². The molecule has 3 amide bonds. The summed E-state index contributed by atoms with van der Waals surface area (Å²) in [5.41, 5.74) is 5.63. The summed E-state index contributed by atoms with van der Waals surface area (Å²) in [7, 11) is 0. The molecule has 9 heteroatoms. The smallest absolute Gasteiger partial charge is 0.329 e. The van der Waals surface area contributed by atoms with Gasteiger partial charge in [-0.1, -0.05) is 0 Å². The third kappa shape index (κ3) is 7.64. The molecule has 1 rings (SSSR count). The lowest BCUT2D eigenvalue weighted by atomic mass is 10.2. The average Bonchev–Trinajstić information content (AvgIpc) is 2.60. The number of carbonyl (C=O) groups is 3. The Morgan fingerprint density at radius 3 is 2.42 bits per heavy atom. The highest BCUT2D eigenvalue weighted by atomic mass is 32.2. The third-order valence-corrected chi connectivity index (χ3v) is 3.95. The number of anilines is 1. The van der Waals surface area contributed by atoms with Crippen molar-refractivity contribution in [1.82, 2.24) is 5.32 Å². The van der Waals surface area contributed by atoms with E-state index in [0.717, 1.165) is 0 Å². The predicted molar refractivity (Wildman–Crippen MR) is 101 cm³/mol. The molecule has 0 aromatic heterocycles. The van der Waals surface area contributed by atoms with Crippen LogP contribution >= 0.6 is 11.8 Å². The van der Waals surface area contributed by atoms with Crippen molar-refractivity contribution in [3.8, 4) is 5.75 Å². The van der Waals surface area contributed by atoms with Crippen molar-refractivity contribution >= 4 is 35.4 Å². The fourth-order valence-corrected chi connectivity index (χ4v) is 2.48. The normalized spacial score (nSPS) is 12.6. The van der Waals surface area contributed by atoms with Crippen molar-refractivity contribution in [1.29, 1.82) is 0 Å². The van der Waals surface area contributed by atoms with Crippen LogP contribution in [0.25, 0.3) is 0 Å². The number of nitrogens with two attached hydrogens (primary N) is 1. The van der Waals surface area contributed by atoms with Gasteiger partial charge in [0, 0.05) is 5.69 Å². The van der Waals surface area contributed by atoms with Crippen molar-refractivity contribution in [3.05, 3.63) is 24.3 Å². The second-order valence-corrected chi connectivity index (χ2v) is 6.35. The number of nitrogens with one attached hydrogen (secondary N) is 2. The molecule has 4 N–H and O–H groups in total. The summed E-state index contributed by atoms with van der Waals surface area (Å²) in [5, 5.41) is 4.98. The Kier molecular flexibility index (Phi) is 9.35. The van der Waals surface area contributed by atoms with Crippen LogP contribution in [-0.4, -0.2) is 48.7 Å². The molecule has 0 aliphatic carbocycles. The van der Waals surface area contributed by atoms with Gasteiger partial charge in [-0.15, -0.1) is 0 Å². The molecule has 0 radical (unpaired) electrons. The Labute approximate surface area is 157 Å². The van der Waals surface area contributed by atoms with Crippen molar-refractivity contribution < 1.29 is 23.9 Å². The maximum atomic E-state index is 12.2. The van der Waals surface area contributed by atoms with Crippen LogP contribution in [0.4, 0.5) is 10.5 Å². The first-order chi connectivity index (χ1) is 12.4. The molecule has 0 saturated carbocycles. The highest BCUT2D eigenvalue weighted by Crippen LogP contribution is 2.16. The third-order valence-electron chi connectivity index (χ3n) is 3.31. The quantitative estimate of drug-likeness (QED) is 0.530. The van der Waals surface area contributed by atoms with Gasteiger partial charge in [-0.2, -0.15) is 11.8 Å². The Balaban J connectivity index is 2.60. The Morgan fingerprint density at radius 1 is 1.23 bits per heavy atom. The number of thioether (sulfide) groups is 1. The second-order valence-electron chi connectivity index (χ2n) is 5.37. The topological polar surface area (TPSA) is 120 Å². The number of hydrogen-bond donors (Lipinski definition) is 3. The van der Waals surface area contributed by atoms with Crippen LogP contribution in [-0.2, 0) is 14.3 Å². The molecule has 0 bridgehead atoms. The number of carbonyl (C=O) groups excluding carboxylic acids is 3. The molecule has 0 heterocycles. The van der Waals surface area contributed by atoms with Gasteiger partial charge in [0.1, 0.15) is 11.8 Å². The number of ether oxygens (including phenoxy) is 2. The van der Waals surface area contributed by atoms with E-state index in [0.29, 0.717) is 30.2 Å². The van der Waals surface area contributed by atoms with Gasteiger partial charge in [0.05, 0.1) is 6.61 Å². The van der Waals surface area contributed by atoms with Gasteiger partial charge in [-0.3, -0.25) is 4.79 Å². The first-order valence-electron chi connectivity index (χ1n) is 8.16. The van der Waals surface area contributed by atoms with Crippen molar-refractivity contribution in [2.75, 3.05) is 23.9 Å². The largest absolute Gasteiger partial charge is 0.494 e. The molecule has 0 unspecified atom stereocenters. The van der Waals surface area contributed by atoms with Gasteiger partial charge in [-0.25, -0.2) is 9.59 Å². The Morgan fingerprint density at radius 2 is 1.88 bits per heavy atom. The summed E-state index contributed by atoms with van der Waals surface area (Å²) in [4.78, 5) is 35.4. The minimum absolute atomic E-state index is 0.357. The lowest BCUT2D eigenvalue weighted by Gasteiger charge is -2.19. The molecule has 0 spiro atoms. The molecule has 1 aromatic rings. The first-order valence-corrected chi connectivity index (χ1v) is 9.55. The lowest BCUT2D eigenvalue weighted by molar-refractivity contribution is -0.155. The Hall–Kier alpha value is -2.42. The summed E-state index contributed by atoms with van der Waals surface area (Å²) >= 11 is 1.52. The summed E-state index contributed by atoms with van der Waals surface area (Å²) in [6.07, 6.45) is 1.20. The Bertz CT molecular complexity index is 609. The predicted octanol–water partition coefficient (Wildman–Crippen LogP) is 1.75. The standard InChI is InChI=1S/C17H25N3O5S/c1-4-24-13-7-5-12(6-8-13)19-15(21)11(2)25-16(22)14(9-10-26-3)20-17(18)23/h5-8,11,14H,4,9-10H2,1-3H3,(H,19,21)(H3,18,20,23)/t11-,14+/m1/s1. The number of rotatable bonds is 10. The van der Waals surface area contributed by atoms with Crippen molar-refractivity contribution in [3.63, 3.8) is 0 Å². The molecule has 1 aromatic carbocycles. The fourth-order valence-electron chi connectivity index (χ4n) is 2.01. The molecule has 0 saturated heterocycles. The fraction of sp³-hybridized carbons (Fsp3) is 0.471. The van der Waals surface area contributed by atoms with Gasteiger partial charge in [0.15, 0.2) is 6.10 Å². The van der Waals surface area contributed by atoms with Crippen molar-refractivity contribution in [2.45, 2.75) is 32.4 Å². The van der Waals surface area contributed by atoms with E-state index in [1.807, 2.05) is 13.2 Å². The molecule has 0 aliphatic heterocycles. The van der Waals surface area contributed by atoms with E-state index < -0.39 is 30.1 Å². The van der Waals surface area contributed by atoms with E-state index in [9.17, 15) is 14.4 Å². The molecule has 0 fully saturated rings. The van der Waals surface area contributed by atoms with Gasteiger partial charge in [0.2, 0.25) is 0 Å². The van der Waals surface area contributed by atoms with Crippen LogP contribution in [0.3, 0.4) is 0 Å². The SMILES string of the molecule is CCOc1ccc(NC(=O)[C@@H](C)OC(=O)[C@H](CCSC)NC(N)=O)cc1. The van der Waals surface area contributed by atoms with E-state index in [4.69, 9.17) is 15.2 Å². The van der Waals surface area contributed by atoms with Crippen LogP contribution in [0.15, 0.2) is 24.3 Å². The summed E-state index contributed by atoms with van der Waals surface area (Å²) < 4.78 is 10.5. The molecule has 0 aliphatic rings. The van der Waals surface area contributed by atoms with Crippen LogP contribution in [0.1, 0.15) is 20.3 Å². The van der Waals surface area contributed by atoms with E-state index in [2.05, 4.69) is 10.6 Å². The van der Waals surface area contributed by atoms with Crippen LogP contribution < -0.4 is 21.1 Å². The summed E-state index contributed by atoms with van der Waals surface area (Å²) in [5.74, 6) is 0.142. The minimum Gasteiger partial charge on any atom is -0.494 e. The number of hydrogen-bond acceptors (Lipinski definition) is 6. The number of esters is 1. The molecule has 26 heavy (non-hydrogen) atoms.